The minimum atomic E-state index is -0.873. The molecule has 1 N–H and O–H groups in total. The van der Waals surface area contributed by atoms with Crippen LogP contribution < -0.4 is 5.32 Å². The van der Waals surface area contributed by atoms with Gasteiger partial charge in [0.25, 0.3) is 0 Å². The van der Waals surface area contributed by atoms with Gasteiger partial charge in [-0.3, -0.25) is 9.59 Å². The normalized spacial score (nSPS) is 22.4. The zero-order valence-electron chi connectivity index (χ0n) is 14.9. The van der Waals surface area contributed by atoms with E-state index in [-0.39, 0.29) is 17.9 Å². The van der Waals surface area contributed by atoms with Crippen molar-refractivity contribution in [3.05, 3.63) is 42.2 Å². The van der Waals surface area contributed by atoms with Crippen LogP contribution in [0.25, 0.3) is 11.3 Å². The van der Waals surface area contributed by atoms with Crippen LogP contribution in [-0.4, -0.2) is 40.0 Å². The standard InChI is InChI=1S/C20H23N3O3/c1-14(24)23-11-5-10-20(23,19(25)21-16-8-9-16)13-17-12-18(22-26-17)15-6-3-2-4-7-15/h2-4,6-7,12,16H,5,8-11,13H2,1H3,(H,21,25). The number of hydrogen-bond donors (Lipinski definition) is 1. The molecule has 6 heteroatoms. The number of benzene rings is 1. The molecule has 1 saturated heterocycles. The van der Waals surface area contributed by atoms with Gasteiger partial charge in [0.1, 0.15) is 17.0 Å². The van der Waals surface area contributed by atoms with Gasteiger partial charge in [-0.25, -0.2) is 0 Å². The fraction of sp³-hybridized carbons (Fsp3) is 0.450. The number of amides is 2. The van der Waals surface area contributed by atoms with Crippen molar-refractivity contribution in [1.29, 1.82) is 0 Å². The zero-order valence-corrected chi connectivity index (χ0v) is 14.9. The van der Waals surface area contributed by atoms with Crippen molar-refractivity contribution in [2.75, 3.05) is 6.54 Å². The van der Waals surface area contributed by atoms with Crippen molar-refractivity contribution in [3.63, 3.8) is 0 Å². The summed E-state index contributed by atoms with van der Waals surface area (Å²) in [7, 11) is 0. The fourth-order valence-corrected chi connectivity index (χ4v) is 3.81. The first-order chi connectivity index (χ1) is 12.6. The van der Waals surface area contributed by atoms with Crippen LogP contribution in [0, 0.1) is 0 Å². The second-order valence-electron chi connectivity index (χ2n) is 7.27. The maximum Gasteiger partial charge on any atom is 0.246 e. The third kappa shape index (κ3) is 3.11. The van der Waals surface area contributed by atoms with Crippen molar-refractivity contribution in [3.8, 4) is 11.3 Å². The molecule has 2 aliphatic rings. The molecule has 136 valence electrons. The molecule has 26 heavy (non-hydrogen) atoms. The lowest BCUT2D eigenvalue weighted by Gasteiger charge is -2.36. The smallest absolute Gasteiger partial charge is 0.246 e. The van der Waals surface area contributed by atoms with E-state index in [2.05, 4.69) is 10.5 Å². The van der Waals surface area contributed by atoms with Gasteiger partial charge in [0.05, 0.1) is 0 Å². The summed E-state index contributed by atoms with van der Waals surface area (Å²) in [6.07, 6.45) is 3.85. The number of nitrogens with one attached hydrogen (secondary N) is 1. The van der Waals surface area contributed by atoms with Crippen LogP contribution in [0.15, 0.2) is 40.9 Å². The lowest BCUT2D eigenvalue weighted by Crippen LogP contribution is -2.58. The summed E-state index contributed by atoms with van der Waals surface area (Å²) in [5, 5.41) is 7.24. The summed E-state index contributed by atoms with van der Waals surface area (Å²) in [6, 6.07) is 11.9. The van der Waals surface area contributed by atoms with Crippen LogP contribution in [0.1, 0.15) is 38.4 Å². The number of nitrogens with zero attached hydrogens (tertiary/aromatic N) is 2. The van der Waals surface area contributed by atoms with E-state index in [0.29, 0.717) is 25.1 Å². The van der Waals surface area contributed by atoms with Crippen molar-refractivity contribution in [2.24, 2.45) is 0 Å². The van der Waals surface area contributed by atoms with Gasteiger partial charge >= 0.3 is 0 Å². The van der Waals surface area contributed by atoms with Gasteiger partial charge < -0.3 is 14.7 Å². The molecule has 1 aromatic heterocycles. The molecular weight excluding hydrogens is 330 g/mol. The average molecular weight is 353 g/mol. The molecule has 1 aliphatic heterocycles. The van der Waals surface area contributed by atoms with Crippen molar-refractivity contribution in [1.82, 2.24) is 15.4 Å². The Kier molecular flexibility index (Phi) is 4.26. The molecule has 1 atom stereocenters. The first-order valence-electron chi connectivity index (χ1n) is 9.19. The highest BCUT2D eigenvalue weighted by molar-refractivity contribution is 5.92. The van der Waals surface area contributed by atoms with Gasteiger partial charge in [0.15, 0.2) is 0 Å². The molecule has 2 amide bonds. The first-order valence-corrected chi connectivity index (χ1v) is 9.19. The summed E-state index contributed by atoms with van der Waals surface area (Å²) < 4.78 is 5.54. The Morgan fingerprint density at radius 3 is 2.77 bits per heavy atom. The third-order valence-electron chi connectivity index (χ3n) is 5.30. The highest BCUT2D eigenvalue weighted by Gasteiger charge is 2.50. The van der Waals surface area contributed by atoms with Gasteiger partial charge in [-0.05, 0) is 25.7 Å². The Hall–Kier alpha value is -2.63. The molecule has 0 spiro atoms. The van der Waals surface area contributed by atoms with E-state index in [1.807, 2.05) is 36.4 Å². The van der Waals surface area contributed by atoms with Crippen LogP contribution >= 0.6 is 0 Å². The maximum atomic E-state index is 13.0. The van der Waals surface area contributed by atoms with Crippen LogP contribution in [0.4, 0.5) is 0 Å². The number of likely N-dealkylation sites (tertiary alicyclic amines) is 1. The number of rotatable bonds is 5. The van der Waals surface area contributed by atoms with E-state index in [0.717, 1.165) is 30.5 Å². The van der Waals surface area contributed by atoms with E-state index in [1.54, 1.807) is 4.90 Å². The molecule has 1 saturated carbocycles. The van der Waals surface area contributed by atoms with Crippen LogP contribution in [0.3, 0.4) is 0 Å². The summed E-state index contributed by atoms with van der Waals surface area (Å²) in [6.45, 7) is 2.13. The molecular formula is C20H23N3O3. The monoisotopic (exact) mass is 353 g/mol. The van der Waals surface area contributed by atoms with Crippen LogP contribution in [-0.2, 0) is 16.0 Å². The number of carbonyl (C=O) groups excluding carboxylic acids is 2. The van der Waals surface area contributed by atoms with Crippen molar-refractivity contribution in [2.45, 2.75) is 50.6 Å². The lowest BCUT2D eigenvalue weighted by atomic mass is 9.89. The van der Waals surface area contributed by atoms with E-state index >= 15 is 0 Å². The Balaban J connectivity index is 1.62. The molecule has 2 aromatic rings. The average Bonchev–Trinajstić information content (AvgIpc) is 3.17. The molecule has 1 aromatic carbocycles. The summed E-state index contributed by atoms with van der Waals surface area (Å²) in [4.78, 5) is 26.9. The molecule has 1 aliphatic carbocycles. The van der Waals surface area contributed by atoms with Gasteiger partial charge in [-0.2, -0.15) is 0 Å². The highest BCUT2D eigenvalue weighted by Crippen LogP contribution is 2.35. The van der Waals surface area contributed by atoms with Gasteiger partial charge in [0, 0.05) is 37.6 Å². The summed E-state index contributed by atoms with van der Waals surface area (Å²) >= 11 is 0. The molecule has 4 rings (SSSR count). The second kappa shape index (κ2) is 6.59. The van der Waals surface area contributed by atoms with E-state index in [1.165, 1.54) is 6.92 Å². The van der Waals surface area contributed by atoms with Crippen molar-refractivity contribution >= 4 is 11.8 Å². The molecule has 0 radical (unpaired) electrons. The Labute approximate surface area is 152 Å². The van der Waals surface area contributed by atoms with E-state index in [4.69, 9.17) is 4.52 Å². The Morgan fingerprint density at radius 1 is 1.31 bits per heavy atom. The number of hydrogen-bond acceptors (Lipinski definition) is 4. The first kappa shape index (κ1) is 16.8. The van der Waals surface area contributed by atoms with Gasteiger partial charge in [-0.15, -0.1) is 0 Å². The maximum absolute atomic E-state index is 13.0. The molecule has 2 fully saturated rings. The van der Waals surface area contributed by atoms with Crippen LogP contribution in [0.5, 0.6) is 0 Å². The Bertz CT molecular complexity index is 813. The minimum absolute atomic E-state index is 0.0645. The predicted molar refractivity (Wildman–Crippen MR) is 96.2 cm³/mol. The molecule has 0 bridgehead atoms. The largest absolute Gasteiger partial charge is 0.361 e. The van der Waals surface area contributed by atoms with E-state index in [9.17, 15) is 9.59 Å². The SMILES string of the molecule is CC(=O)N1CCCC1(Cc1cc(-c2ccccc2)no1)C(=O)NC1CC1. The third-order valence-corrected chi connectivity index (χ3v) is 5.30. The lowest BCUT2D eigenvalue weighted by molar-refractivity contribution is -0.144. The molecule has 6 nitrogen and oxygen atoms in total. The zero-order chi connectivity index (χ0) is 18.1. The van der Waals surface area contributed by atoms with E-state index < -0.39 is 5.54 Å². The Morgan fingerprint density at radius 2 is 2.08 bits per heavy atom. The van der Waals surface area contributed by atoms with Crippen LogP contribution in [0.2, 0.25) is 0 Å². The second-order valence-corrected chi connectivity index (χ2v) is 7.27. The minimum Gasteiger partial charge on any atom is -0.361 e. The quantitative estimate of drug-likeness (QED) is 0.896. The van der Waals surface area contributed by atoms with Gasteiger partial charge in [-0.1, -0.05) is 35.5 Å². The topological polar surface area (TPSA) is 75.4 Å². The highest BCUT2D eigenvalue weighted by atomic mass is 16.5. The number of aromatic nitrogens is 1. The predicted octanol–water partition coefficient (Wildman–Crippen LogP) is 2.54. The molecule has 1 unspecified atom stereocenters. The summed E-state index contributed by atoms with van der Waals surface area (Å²) in [5.41, 5.74) is 0.835. The van der Waals surface area contributed by atoms with Gasteiger partial charge in [0.2, 0.25) is 11.8 Å². The molecule has 2 heterocycles. The summed E-state index contributed by atoms with van der Waals surface area (Å²) in [5.74, 6) is 0.490. The van der Waals surface area contributed by atoms with Crippen molar-refractivity contribution < 1.29 is 14.1 Å². The number of carbonyl (C=O) groups is 2. The fourth-order valence-electron chi connectivity index (χ4n) is 3.81.